The van der Waals surface area contributed by atoms with E-state index in [4.69, 9.17) is 13.8 Å². The number of aromatic nitrogens is 1. The lowest BCUT2D eigenvalue weighted by molar-refractivity contribution is 0.620. The predicted octanol–water partition coefficient (Wildman–Crippen LogP) is 12.8. The first kappa shape index (κ1) is 27.5. The van der Waals surface area contributed by atoms with Gasteiger partial charge in [0.1, 0.15) is 16.8 Å². The molecule has 0 amide bonds. The van der Waals surface area contributed by atoms with E-state index in [9.17, 15) is 0 Å². The van der Waals surface area contributed by atoms with Crippen molar-refractivity contribution in [1.82, 2.24) is 4.98 Å². The normalized spacial score (nSPS) is 11.7. The highest BCUT2D eigenvalue weighted by Gasteiger charge is 2.26. The summed E-state index contributed by atoms with van der Waals surface area (Å²) >= 11 is 0. The van der Waals surface area contributed by atoms with Crippen LogP contribution in [0.4, 0.5) is 17.1 Å². The molecular formula is C45H28N2O2. The molecule has 10 aromatic rings. The summed E-state index contributed by atoms with van der Waals surface area (Å²) in [5.74, 6) is 0.566. The summed E-state index contributed by atoms with van der Waals surface area (Å²) in [4.78, 5) is 7.47. The molecule has 0 aliphatic carbocycles. The molecule has 4 heteroatoms. The fraction of sp³-hybridized carbons (Fsp3) is 0. The molecule has 0 aliphatic rings. The summed E-state index contributed by atoms with van der Waals surface area (Å²) in [5.41, 5.74) is 9.00. The van der Waals surface area contributed by atoms with Crippen molar-refractivity contribution < 1.29 is 8.83 Å². The molecule has 230 valence electrons. The second-order valence-electron chi connectivity index (χ2n) is 12.4. The fourth-order valence-electron chi connectivity index (χ4n) is 7.14. The molecule has 4 nitrogen and oxygen atoms in total. The number of hydrogen-bond acceptors (Lipinski definition) is 4. The third-order valence-corrected chi connectivity index (χ3v) is 9.44. The van der Waals surface area contributed by atoms with Gasteiger partial charge in [0.15, 0.2) is 11.2 Å². The van der Waals surface area contributed by atoms with Gasteiger partial charge in [-0.15, -0.1) is 0 Å². The van der Waals surface area contributed by atoms with Crippen molar-refractivity contribution in [2.45, 2.75) is 0 Å². The number of para-hydroxylation sites is 1. The lowest BCUT2D eigenvalue weighted by atomic mass is 10.0. The summed E-state index contributed by atoms with van der Waals surface area (Å²) in [6.45, 7) is 0. The molecule has 0 bridgehead atoms. The van der Waals surface area contributed by atoms with Crippen molar-refractivity contribution in [3.05, 3.63) is 170 Å². The highest BCUT2D eigenvalue weighted by molar-refractivity contribution is 6.18. The van der Waals surface area contributed by atoms with Crippen LogP contribution in [0.5, 0.6) is 0 Å². The van der Waals surface area contributed by atoms with Gasteiger partial charge in [0.2, 0.25) is 5.89 Å². The Labute approximate surface area is 282 Å². The van der Waals surface area contributed by atoms with Gasteiger partial charge in [-0.2, -0.15) is 0 Å². The zero-order valence-corrected chi connectivity index (χ0v) is 26.4. The minimum Gasteiger partial charge on any atom is -0.454 e. The molecule has 0 atom stereocenters. The first-order chi connectivity index (χ1) is 24.3. The van der Waals surface area contributed by atoms with Crippen molar-refractivity contribution in [3.8, 4) is 22.6 Å². The SMILES string of the molecule is c1ccc(-c2cccc(N(c3ccc4c(ccc5ccccc54)c3)c3c4nc(-c5ccccc5)oc4cc4c3oc3ccccc34)c2)cc1. The monoisotopic (exact) mass is 628 g/mol. The summed E-state index contributed by atoms with van der Waals surface area (Å²) in [7, 11) is 0. The summed E-state index contributed by atoms with van der Waals surface area (Å²) in [6.07, 6.45) is 0. The van der Waals surface area contributed by atoms with Crippen LogP contribution in [0.1, 0.15) is 0 Å². The van der Waals surface area contributed by atoms with Crippen LogP contribution in [0.25, 0.3) is 77.2 Å². The molecule has 0 saturated heterocycles. The average molecular weight is 629 g/mol. The fourth-order valence-corrected chi connectivity index (χ4v) is 7.14. The number of nitrogens with zero attached hydrogens (tertiary/aromatic N) is 2. The topological polar surface area (TPSA) is 42.4 Å². The van der Waals surface area contributed by atoms with Gasteiger partial charge in [-0.05, 0) is 81.2 Å². The highest BCUT2D eigenvalue weighted by Crippen LogP contribution is 2.48. The van der Waals surface area contributed by atoms with Gasteiger partial charge in [-0.3, -0.25) is 0 Å². The van der Waals surface area contributed by atoms with Crippen molar-refractivity contribution in [2.75, 3.05) is 4.90 Å². The maximum absolute atomic E-state index is 6.77. The smallest absolute Gasteiger partial charge is 0.227 e. The second kappa shape index (κ2) is 11.0. The number of oxazole rings is 1. The van der Waals surface area contributed by atoms with E-state index < -0.39 is 0 Å². The molecule has 2 heterocycles. The zero-order chi connectivity index (χ0) is 32.3. The van der Waals surface area contributed by atoms with Gasteiger partial charge < -0.3 is 13.7 Å². The van der Waals surface area contributed by atoms with Crippen molar-refractivity contribution in [2.24, 2.45) is 0 Å². The Hall–Kier alpha value is -6.65. The average Bonchev–Trinajstić information content (AvgIpc) is 3.77. The van der Waals surface area contributed by atoms with E-state index in [0.29, 0.717) is 11.5 Å². The van der Waals surface area contributed by atoms with Crippen LogP contribution in [-0.2, 0) is 0 Å². The Bertz CT molecular complexity index is 2830. The molecule has 0 unspecified atom stereocenters. The number of hydrogen-bond donors (Lipinski definition) is 0. The van der Waals surface area contributed by atoms with Crippen LogP contribution in [0, 0.1) is 0 Å². The maximum Gasteiger partial charge on any atom is 0.227 e. The molecule has 0 fully saturated rings. The molecule has 0 radical (unpaired) electrons. The van der Waals surface area contributed by atoms with E-state index in [1.807, 2.05) is 54.6 Å². The number of benzene rings is 8. The summed E-state index contributed by atoms with van der Waals surface area (Å²) in [6, 6.07) is 59.1. The molecule has 8 aromatic carbocycles. The van der Waals surface area contributed by atoms with E-state index >= 15 is 0 Å². The summed E-state index contributed by atoms with van der Waals surface area (Å²) < 4.78 is 13.3. The Morgan fingerprint density at radius 1 is 0.408 bits per heavy atom. The Kier molecular flexibility index (Phi) is 6.15. The Morgan fingerprint density at radius 2 is 1.08 bits per heavy atom. The van der Waals surface area contributed by atoms with Crippen molar-refractivity contribution in [1.29, 1.82) is 0 Å². The van der Waals surface area contributed by atoms with E-state index in [2.05, 4.69) is 120 Å². The molecule has 0 spiro atoms. The van der Waals surface area contributed by atoms with Crippen LogP contribution >= 0.6 is 0 Å². The van der Waals surface area contributed by atoms with Crippen LogP contribution in [0.2, 0.25) is 0 Å². The molecular weight excluding hydrogens is 601 g/mol. The Balaban J connectivity index is 1.31. The minimum absolute atomic E-state index is 0.566. The van der Waals surface area contributed by atoms with Crippen LogP contribution in [-0.4, -0.2) is 4.98 Å². The van der Waals surface area contributed by atoms with Crippen LogP contribution in [0.15, 0.2) is 179 Å². The van der Waals surface area contributed by atoms with Gasteiger partial charge in [0.05, 0.1) is 0 Å². The van der Waals surface area contributed by atoms with Crippen LogP contribution in [0.3, 0.4) is 0 Å². The molecule has 0 N–H and O–H groups in total. The third-order valence-electron chi connectivity index (χ3n) is 9.44. The number of furan rings is 1. The number of anilines is 3. The molecule has 0 saturated carbocycles. The highest BCUT2D eigenvalue weighted by atomic mass is 16.4. The Morgan fingerprint density at radius 3 is 1.94 bits per heavy atom. The van der Waals surface area contributed by atoms with Gasteiger partial charge in [0, 0.05) is 27.7 Å². The van der Waals surface area contributed by atoms with Gasteiger partial charge in [0.25, 0.3) is 0 Å². The number of rotatable bonds is 5. The van der Waals surface area contributed by atoms with Gasteiger partial charge >= 0.3 is 0 Å². The first-order valence-electron chi connectivity index (χ1n) is 16.5. The second-order valence-corrected chi connectivity index (χ2v) is 12.4. The molecule has 10 rings (SSSR count). The standard InChI is InChI=1S/C45H28N2O2/c1-3-12-29(13-4-1)32-17-11-18-34(26-32)47(35-24-25-37-33(27-35)23-22-30-14-7-8-19-36(30)37)43-42-41(49-45(46-42)31-15-5-2-6-16-31)28-39-38-20-9-10-21-40(38)48-44(39)43/h1-28H. The quantitative estimate of drug-likeness (QED) is 0.178. The van der Waals surface area contributed by atoms with Gasteiger partial charge in [-0.1, -0.05) is 121 Å². The van der Waals surface area contributed by atoms with Gasteiger partial charge in [-0.25, -0.2) is 4.98 Å². The van der Waals surface area contributed by atoms with Crippen molar-refractivity contribution in [3.63, 3.8) is 0 Å². The molecule has 49 heavy (non-hydrogen) atoms. The maximum atomic E-state index is 6.77. The molecule has 0 aliphatic heterocycles. The van der Waals surface area contributed by atoms with Crippen molar-refractivity contribution >= 4 is 71.6 Å². The minimum atomic E-state index is 0.566. The first-order valence-corrected chi connectivity index (χ1v) is 16.5. The number of fused-ring (bicyclic) bond motifs is 7. The largest absolute Gasteiger partial charge is 0.454 e. The predicted molar refractivity (Wildman–Crippen MR) is 202 cm³/mol. The van der Waals surface area contributed by atoms with E-state index in [1.165, 1.54) is 16.2 Å². The third kappa shape index (κ3) is 4.49. The van der Waals surface area contributed by atoms with Crippen LogP contribution < -0.4 is 4.90 Å². The lowest BCUT2D eigenvalue weighted by Gasteiger charge is -2.26. The summed E-state index contributed by atoms with van der Waals surface area (Å²) in [5, 5.41) is 6.82. The molecule has 2 aromatic heterocycles. The lowest BCUT2D eigenvalue weighted by Crippen LogP contribution is -2.11. The van der Waals surface area contributed by atoms with E-state index in [1.54, 1.807) is 0 Å². The van der Waals surface area contributed by atoms with E-state index in [-0.39, 0.29) is 0 Å². The zero-order valence-electron chi connectivity index (χ0n) is 26.4. The van der Waals surface area contributed by atoms with E-state index in [0.717, 1.165) is 66.6 Å².